The number of amides is 10. The van der Waals surface area contributed by atoms with Gasteiger partial charge >= 0.3 is 0 Å². The first-order valence-electron chi connectivity index (χ1n) is 28.1. The number of hydrogen-bond acceptors (Lipinski definition) is 16. The number of primary amides is 2. The van der Waals surface area contributed by atoms with Crippen molar-refractivity contribution in [3.05, 3.63) is 106 Å². The number of carbonyl (C=O) groups is 10. The summed E-state index contributed by atoms with van der Waals surface area (Å²) in [5.74, 6) is -8.64. The molecular weight excluding hydrogens is 1120 g/mol. The lowest BCUT2D eigenvalue weighted by Crippen LogP contribution is -2.62. The van der Waals surface area contributed by atoms with Gasteiger partial charge in [0.1, 0.15) is 54.1 Å². The maximum absolute atomic E-state index is 15.0. The molecule has 3 aromatic carbocycles. The van der Waals surface area contributed by atoms with Gasteiger partial charge in [0, 0.05) is 49.4 Å². The summed E-state index contributed by atoms with van der Waals surface area (Å²) in [5.41, 5.74) is 17.6. The number of rotatable bonds is 20. The highest BCUT2D eigenvalue weighted by Gasteiger charge is 2.45. The third-order valence-corrected chi connectivity index (χ3v) is 17.7. The van der Waals surface area contributed by atoms with Crippen LogP contribution in [0.5, 0.6) is 5.75 Å². The summed E-state index contributed by atoms with van der Waals surface area (Å²) in [7, 11) is 2.36. The molecule has 84 heavy (non-hydrogen) atoms. The molecule has 3 fully saturated rings. The molecule has 27 heteroatoms. The molecule has 0 unspecified atom stereocenters. The molecule has 3 aliphatic rings. The van der Waals surface area contributed by atoms with E-state index in [0.29, 0.717) is 61.6 Å². The highest BCUT2D eigenvalue weighted by atomic mass is 33.1. The zero-order valence-electron chi connectivity index (χ0n) is 47.0. The van der Waals surface area contributed by atoms with E-state index in [1.54, 1.807) is 56.3 Å². The lowest BCUT2D eigenvalue weighted by atomic mass is 9.87. The van der Waals surface area contributed by atoms with E-state index in [4.69, 9.17) is 17.2 Å². The fourth-order valence-corrected chi connectivity index (χ4v) is 13.2. The molecule has 1 saturated carbocycles. The lowest BCUT2D eigenvalue weighted by molar-refractivity contribution is -0.384. The maximum Gasteiger partial charge on any atom is 0.269 e. The van der Waals surface area contributed by atoms with Gasteiger partial charge in [-0.25, -0.2) is 0 Å². The van der Waals surface area contributed by atoms with Crippen molar-refractivity contribution >= 4 is 86.3 Å². The zero-order chi connectivity index (χ0) is 61.1. The molecule has 25 nitrogen and oxygen atoms in total. The van der Waals surface area contributed by atoms with Crippen LogP contribution in [0.2, 0.25) is 0 Å². The lowest BCUT2D eigenvalue weighted by Gasteiger charge is -2.32. The molecule has 8 atom stereocenters. The topological polar surface area (TPSA) is 400 Å². The molecule has 3 aromatic rings. The Hall–Kier alpha value is -7.78. The van der Waals surface area contributed by atoms with E-state index in [1.807, 2.05) is 0 Å². The van der Waals surface area contributed by atoms with E-state index < -0.39 is 130 Å². The summed E-state index contributed by atoms with van der Waals surface area (Å²) in [6.07, 6.45) is 2.66. The van der Waals surface area contributed by atoms with Crippen molar-refractivity contribution in [2.75, 3.05) is 24.6 Å². The molecule has 1 spiro atoms. The first kappa shape index (κ1) is 65.4. The van der Waals surface area contributed by atoms with Crippen molar-refractivity contribution in [1.29, 1.82) is 0 Å². The van der Waals surface area contributed by atoms with Crippen LogP contribution in [-0.4, -0.2) is 147 Å². The van der Waals surface area contributed by atoms with Gasteiger partial charge in [0.15, 0.2) is 0 Å². The summed E-state index contributed by atoms with van der Waals surface area (Å²) in [4.78, 5) is 154. The van der Waals surface area contributed by atoms with Crippen molar-refractivity contribution in [2.24, 2.45) is 28.5 Å². The highest BCUT2D eigenvalue weighted by molar-refractivity contribution is 8.76. The minimum atomic E-state index is -1.69. The minimum absolute atomic E-state index is 0.00674. The number of phenols is 1. The molecular formula is C57H76N12O13S2. The number of unbranched alkanes of at least 4 members (excludes halogenated alkanes) is 1. The molecule has 0 radical (unpaired) electrons. The summed E-state index contributed by atoms with van der Waals surface area (Å²) >= 11 is 0. The largest absolute Gasteiger partial charge is 0.508 e. The molecule has 2 aliphatic heterocycles. The average molecular weight is 1200 g/mol. The molecule has 1 aliphatic carbocycles. The second-order valence-electron chi connectivity index (χ2n) is 21.8. The average Bonchev–Trinajstić information content (AvgIpc) is 4.34. The van der Waals surface area contributed by atoms with E-state index in [-0.39, 0.29) is 68.1 Å². The van der Waals surface area contributed by atoms with Gasteiger partial charge in [-0.1, -0.05) is 103 Å². The number of nitro groups is 1. The molecule has 2 heterocycles. The highest BCUT2D eigenvalue weighted by Crippen LogP contribution is 2.44. The van der Waals surface area contributed by atoms with Gasteiger partial charge in [-0.05, 0) is 86.2 Å². The second kappa shape index (κ2) is 31.2. The third-order valence-electron chi connectivity index (χ3n) is 15.2. The predicted octanol–water partition coefficient (Wildman–Crippen LogP) is 0.814. The number of nitrogens with zero attached hydrogens (tertiary/aromatic N) is 2. The first-order chi connectivity index (χ1) is 40.1. The Morgan fingerprint density at radius 2 is 1.35 bits per heavy atom. The third kappa shape index (κ3) is 18.6. The Labute approximate surface area is 494 Å². The van der Waals surface area contributed by atoms with Gasteiger partial charge in [-0.15, -0.1) is 0 Å². The number of nitrogens with one attached hydrogen (secondary N) is 7. The fourth-order valence-electron chi connectivity index (χ4n) is 10.4. The van der Waals surface area contributed by atoms with Crippen LogP contribution in [0.3, 0.4) is 0 Å². The Balaban J connectivity index is 1.31. The van der Waals surface area contributed by atoms with Crippen LogP contribution in [0.1, 0.15) is 94.7 Å². The van der Waals surface area contributed by atoms with Crippen LogP contribution in [0.25, 0.3) is 0 Å². The van der Waals surface area contributed by atoms with Crippen LogP contribution in [-0.2, 0) is 67.2 Å². The number of phenolic OH excluding ortho intramolecular Hbond substituents is 1. The Kier molecular flexibility index (Phi) is 24.3. The Morgan fingerprint density at radius 1 is 0.738 bits per heavy atom. The van der Waals surface area contributed by atoms with E-state index in [1.165, 1.54) is 52.1 Å². The van der Waals surface area contributed by atoms with Crippen LogP contribution in [0.15, 0.2) is 78.9 Å². The fraction of sp³-hybridized carbons (Fsp3) is 0.509. The van der Waals surface area contributed by atoms with Gasteiger partial charge < -0.3 is 64.4 Å². The number of likely N-dealkylation sites (tertiary alicyclic amines) is 1. The maximum atomic E-state index is 15.0. The number of carbonyl (C=O) groups excluding carboxylic acids is 10. The Morgan fingerprint density at radius 3 is 1.96 bits per heavy atom. The van der Waals surface area contributed by atoms with Crippen molar-refractivity contribution in [3.63, 3.8) is 0 Å². The van der Waals surface area contributed by atoms with Gasteiger partial charge in [0.2, 0.25) is 59.1 Å². The van der Waals surface area contributed by atoms with Crippen LogP contribution >= 0.6 is 21.6 Å². The summed E-state index contributed by atoms with van der Waals surface area (Å²) in [5, 5.41) is 40.4. The summed E-state index contributed by atoms with van der Waals surface area (Å²) in [6, 6.07) is 9.40. The first-order valence-corrected chi connectivity index (χ1v) is 30.6. The van der Waals surface area contributed by atoms with Gasteiger partial charge in [0.05, 0.1) is 16.8 Å². The smallest absolute Gasteiger partial charge is 0.269 e. The molecule has 0 bridgehead atoms. The molecule has 2 saturated heterocycles. The molecule has 0 aromatic heterocycles. The molecule has 14 N–H and O–H groups in total. The van der Waals surface area contributed by atoms with Crippen molar-refractivity contribution in [2.45, 2.75) is 146 Å². The zero-order valence-corrected chi connectivity index (χ0v) is 48.6. The Bertz CT molecular complexity index is 2840. The standard InChI is InChI=1S/C57H76N12O13S2/c1-33(2)47-54(78)64-43(30-46(59)71)51(75)65-44(55(79)68-26-10-14-45(68)53(77)61-39(13-6-9-25-58)49(73)62-40(48(60)72)27-36-17-21-38(70)22-18-36)31-83-84-32-57(23-7-8-24-57)56(80)66-42(29-35-15-19-37(20-16-35)69(81)82)50(74)63-41(52(76)67-47)28-34-11-4-3-5-12-34/h3-5,11-12,15-22,33,39-45,47,70H,6-10,13-14,23-32,58H2,1-2H3,(H2,59,71)(H2,60,72)(H,61,77)(H,62,73)(H,63,74)(H,64,78)(H,65,75)(H,66,80)(H,67,76)/t39-,40+,41-,42-,43-,44-,45-,47-/m0/s1. The number of aromatic hydroxyl groups is 1. The van der Waals surface area contributed by atoms with E-state index in [9.17, 15) is 63.2 Å². The molecule has 454 valence electrons. The predicted molar refractivity (Wildman–Crippen MR) is 314 cm³/mol. The number of nitrogens with two attached hydrogens (primary N) is 3. The number of benzene rings is 3. The van der Waals surface area contributed by atoms with Crippen molar-refractivity contribution in [1.82, 2.24) is 42.1 Å². The second-order valence-corrected chi connectivity index (χ2v) is 24.3. The van der Waals surface area contributed by atoms with Gasteiger partial charge in [-0.3, -0.25) is 58.1 Å². The number of nitro benzene ring substituents is 1. The van der Waals surface area contributed by atoms with E-state index in [2.05, 4.69) is 37.2 Å². The van der Waals surface area contributed by atoms with Crippen molar-refractivity contribution < 1.29 is 58.0 Å². The number of non-ortho nitro benzene ring substituents is 1. The van der Waals surface area contributed by atoms with Gasteiger partial charge in [0.25, 0.3) is 5.69 Å². The summed E-state index contributed by atoms with van der Waals surface area (Å²) < 4.78 is 0. The van der Waals surface area contributed by atoms with Gasteiger partial charge in [-0.2, -0.15) is 0 Å². The van der Waals surface area contributed by atoms with Crippen LogP contribution in [0, 0.1) is 21.4 Å². The van der Waals surface area contributed by atoms with Crippen LogP contribution < -0.4 is 54.4 Å². The molecule has 10 amide bonds. The quantitative estimate of drug-likeness (QED) is 0.0323. The molecule has 6 rings (SSSR count). The normalized spacial score (nSPS) is 22.5. The van der Waals surface area contributed by atoms with Crippen LogP contribution in [0.4, 0.5) is 5.69 Å². The monoisotopic (exact) mass is 1200 g/mol. The summed E-state index contributed by atoms with van der Waals surface area (Å²) in [6.45, 7) is 3.56. The number of hydrogen-bond donors (Lipinski definition) is 11. The van der Waals surface area contributed by atoms with E-state index in [0.717, 1.165) is 10.8 Å². The van der Waals surface area contributed by atoms with E-state index >= 15 is 0 Å². The SMILES string of the molecule is CC(C)[C@@H]1NC(=O)[C@H](Cc2ccccc2)NC(=O)[C@H](Cc2ccc([N+](=O)[O-])cc2)NC(=O)C2(CCCC2)CSSC[C@@H](C(=O)N2CCC[C@H]2C(=O)N[C@@H](CCCCN)C(=O)N[C@H](Cc2ccc(O)cc2)C(N)=O)NC(=O)[C@H](CC(N)=O)NC1=O. The van der Waals surface area contributed by atoms with Crippen molar-refractivity contribution in [3.8, 4) is 5.75 Å². The minimum Gasteiger partial charge on any atom is -0.508 e.